The van der Waals surface area contributed by atoms with E-state index in [9.17, 15) is 8.78 Å². The van der Waals surface area contributed by atoms with Crippen LogP contribution in [-0.4, -0.2) is 25.7 Å². The van der Waals surface area contributed by atoms with Crippen LogP contribution in [0.1, 0.15) is 5.56 Å². The lowest BCUT2D eigenvalue weighted by Gasteiger charge is -2.32. The van der Waals surface area contributed by atoms with Crippen LogP contribution in [0.3, 0.4) is 0 Å². The number of piperazine rings is 1. The van der Waals surface area contributed by atoms with Crippen molar-refractivity contribution in [1.82, 2.24) is 5.32 Å². The highest BCUT2D eigenvalue weighted by Gasteiger charge is 2.32. The second kappa shape index (κ2) is 3.17. The molecule has 2 aliphatic rings. The van der Waals surface area contributed by atoms with E-state index in [1.807, 2.05) is 0 Å². The van der Waals surface area contributed by atoms with Crippen LogP contribution in [0.2, 0.25) is 0 Å². The largest absolute Gasteiger partial charge is 0.365 e. The molecule has 1 saturated heterocycles. The van der Waals surface area contributed by atoms with Crippen molar-refractivity contribution in [3.63, 3.8) is 0 Å². The summed E-state index contributed by atoms with van der Waals surface area (Å²) >= 11 is 0. The Morgan fingerprint density at radius 2 is 2.07 bits per heavy atom. The van der Waals surface area contributed by atoms with Gasteiger partial charge in [-0.05, 0) is 18.1 Å². The van der Waals surface area contributed by atoms with E-state index in [1.165, 1.54) is 12.1 Å². The minimum Gasteiger partial charge on any atom is -0.365 e. The molecule has 0 saturated carbocycles. The molecule has 80 valence electrons. The molecule has 2 heterocycles. The molecule has 0 amide bonds. The molecular formula is C11H12F2N2. The highest BCUT2D eigenvalue weighted by molar-refractivity contribution is 5.60. The van der Waals surface area contributed by atoms with Crippen molar-refractivity contribution in [1.29, 1.82) is 0 Å². The Balaban J connectivity index is 2.04. The van der Waals surface area contributed by atoms with Crippen molar-refractivity contribution in [2.24, 2.45) is 0 Å². The molecule has 2 aliphatic heterocycles. The standard InChI is InChI=1S/C11H12F2N2/c12-9-4-7-3-8-6-14-1-2-15(8)11(7)5-10(9)13/h4-5,8,14H,1-3,6H2. The van der Waals surface area contributed by atoms with Crippen LogP contribution in [0.4, 0.5) is 14.5 Å². The van der Waals surface area contributed by atoms with Gasteiger partial charge in [-0.1, -0.05) is 0 Å². The molecule has 0 aromatic heterocycles. The van der Waals surface area contributed by atoms with Gasteiger partial charge in [-0.2, -0.15) is 0 Å². The van der Waals surface area contributed by atoms with Gasteiger partial charge in [0.2, 0.25) is 0 Å². The Kier molecular flexibility index (Phi) is 1.92. The van der Waals surface area contributed by atoms with Gasteiger partial charge < -0.3 is 10.2 Å². The lowest BCUT2D eigenvalue weighted by molar-refractivity contribution is 0.494. The monoisotopic (exact) mass is 210 g/mol. The summed E-state index contributed by atoms with van der Waals surface area (Å²) in [6, 6.07) is 3.04. The predicted molar refractivity (Wildman–Crippen MR) is 54.1 cm³/mol. The first-order valence-electron chi connectivity index (χ1n) is 5.21. The second-order valence-electron chi connectivity index (χ2n) is 4.15. The van der Waals surface area contributed by atoms with Crippen molar-refractivity contribution < 1.29 is 8.78 Å². The van der Waals surface area contributed by atoms with Crippen LogP contribution < -0.4 is 10.2 Å². The number of halogens is 2. The quantitative estimate of drug-likeness (QED) is 0.694. The van der Waals surface area contributed by atoms with Crippen LogP contribution >= 0.6 is 0 Å². The zero-order valence-electron chi connectivity index (χ0n) is 8.26. The van der Waals surface area contributed by atoms with E-state index in [1.54, 1.807) is 0 Å². The average Bonchev–Trinajstić information content (AvgIpc) is 2.57. The molecule has 0 bridgehead atoms. The molecule has 1 unspecified atom stereocenters. The Labute approximate surface area is 86.9 Å². The van der Waals surface area contributed by atoms with Crippen LogP contribution in [-0.2, 0) is 6.42 Å². The van der Waals surface area contributed by atoms with Gasteiger partial charge in [-0.15, -0.1) is 0 Å². The van der Waals surface area contributed by atoms with Gasteiger partial charge in [-0.25, -0.2) is 8.78 Å². The second-order valence-corrected chi connectivity index (χ2v) is 4.15. The molecule has 1 N–H and O–H groups in total. The Morgan fingerprint density at radius 3 is 2.93 bits per heavy atom. The van der Waals surface area contributed by atoms with E-state index >= 15 is 0 Å². The zero-order valence-corrected chi connectivity index (χ0v) is 8.26. The van der Waals surface area contributed by atoms with E-state index in [4.69, 9.17) is 0 Å². The van der Waals surface area contributed by atoms with Gasteiger partial charge in [0, 0.05) is 37.4 Å². The highest BCUT2D eigenvalue weighted by atomic mass is 19.2. The van der Waals surface area contributed by atoms with Crippen LogP contribution in [0.15, 0.2) is 12.1 Å². The lowest BCUT2D eigenvalue weighted by Crippen LogP contribution is -2.49. The minimum atomic E-state index is -0.743. The third kappa shape index (κ3) is 1.32. The van der Waals surface area contributed by atoms with Gasteiger partial charge in [0.05, 0.1) is 0 Å². The molecule has 1 fully saturated rings. The molecule has 15 heavy (non-hydrogen) atoms. The summed E-state index contributed by atoms with van der Waals surface area (Å²) in [7, 11) is 0. The summed E-state index contributed by atoms with van der Waals surface area (Å²) in [4.78, 5) is 2.17. The van der Waals surface area contributed by atoms with E-state index in [-0.39, 0.29) is 0 Å². The summed E-state index contributed by atoms with van der Waals surface area (Å²) in [5.41, 5.74) is 1.81. The van der Waals surface area contributed by atoms with Gasteiger partial charge in [0.25, 0.3) is 0 Å². The number of nitrogens with one attached hydrogen (secondary N) is 1. The first kappa shape index (κ1) is 9.09. The zero-order chi connectivity index (χ0) is 10.4. The smallest absolute Gasteiger partial charge is 0.160 e. The number of nitrogens with zero attached hydrogens (tertiary/aromatic N) is 1. The fraction of sp³-hybridized carbons (Fsp3) is 0.455. The van der Waals surface area contributed by atoms with E-state index in [0.717, 1.165) is 37.3 Å². The molecule has 1 atom stereocenters. The van der Waals surface area contributed by atoms with E-state index in [2.05, 4.69) is 10.2 Å². The number of anilines is 1. The van der Waals surface area contributed by atoms with E-state index in [0.29, 0.717) is 6.04 Å². The van der Waals surface area contributed by atoms with E-state index < -0.39 is 11.6 Å². The maximum absolute atomic E-state index is 13.1. The topological polar surface area (TPSA) is 15.3 Å². The molecular weight excluding hydrogens is 198 g/mol. The van der Waals surface area contributed by atoms with Gasteiger partial charge >= 0.3 is 0 Å². The Morgan fingerprint density at radius 1 is 1.27 bits per heavy atom. The molecule has 3 rings (SSSR count). The van der Waals surface area contributed by atoms with Crippen molar-refractivity contribution in [2.45, 2.75) is 12.5 Å². The third-order valence-electron chi connectivity index (χ3n) is 3.24. The molecule has 0 radical (unpaired) electrons. The SMILES string of the molecule is Fc1cc2c(cc1F)N1CCNCC1C2. The third-order valence-corrected chi connectivity index (χ3v) is 3.24. The summed E-state index contributed by atoms with van der Waals surface area (Å²) in [5.74, 6) is -1.48. The summed E-state index contributed by atoms with van der Waals surface area (Å²) in [5, 5.41) is 3.29. The van der Waals surface area contributed by atoms with Crippen LogP contribution in [0, 0.1) is 11.6 Å². The summed E-state index contributed by atoms with van der Waals surface area (Å²) in [6.45, 7) is 2.69. The van der Waals surface area contributed by atoms with Crippen molar-refractivity contribution in [2.75, 3.05) is 24.5 Å². The van der Waals surface area contributed by atoms with Crippen LogP contribution in [0.5, 0.6) is 0 Å². The number of fused-ring (bicyclic) bond motifs is 3. The lowest BCUT2D eigenvalue weighted by atomic mass is 10.1. The van der Waals surface area contributed by atoms with Gasteiger partial charge in [0.15, 0.2) is 11.6 Å². The predicted octanol–water partition coefficient (Wildman–Crippen LogP) is 1.30. The number of rotatable bonds is 0. The first-order chi connectivity index (χ1) is 7.25. The van der Waals surface area contributed by atoms with Crippen molar-refractivity contribution in [3.8, 4) is 0 Å². The fourth-order valence-corrected chi connectivity index (χ4v) is 2.52. The maximum Gasteiger partial charge on any atom is 0.160 e. The van der Waals surface area contributed by atoms with Crippen molar-refractivity contribution in [3.05, 3.63) is 29.3 Å². The molecule has 0 aliphatic carbocycles. The highest BCUT2D eigenvalue weighted by Crippen LogP contribution is 2.34. The van der Waals surface area contributed by atoms with Crippen molar-refractivity contribution >= 4 is 5.69 Å². The minimum absolute atomic E-state index is 0.370. The summed E-state index contributed by atoms with van der Waals surface area (Å²) < 4.78 is 26.2. The first-order valence-corrected chi connectivity index (χ1v) is 5.21. The Bertz CT molecular complexity index is 406. The molecule has 2 nitrogen and oxygen atoms in total. The molecule has 1 aromatic rings. The Hall–Kier alpha value is -1.16. The van der Waals surface area contributed by atoms with Gasteiger partial charge in [0.1, 0.15) is 0 Å². The number of benzene rings is 1. The normalized spacial score (nSPS) is 23.9. The summed E-state index contributed by atoms with van der Waals surface area (Å²) in [6.07, 6.45) is 0.819. The molecule has 4 heteroatoms. The maximum atomic E-state index is 13.1. The van der Waals surface area contributed by atoms with Gasteiger partial charge in [-0.3, -0.25) is 0 Å². The average molecular weight is 210 g/mol. The fourth-order valence-electron chi connectivity index (χ4n) is 2.52. The number of hydrogen-bond donors (Lipinski definition) is 1. The molecule has 1 aromatic carbocycles. The molecule has 0 spiro atoms. The van der Waals surface area contributed by atoms with Crippen LogP contribution in [0.25, 0.3) is 0 Å². The number of hydrogen-bond acceptors (Lipinski definition) is 2.